The van der Waals surface area contributed by atoms with Gasteiger partial charge in [-0.05, 0) is 54.0 Å². The number of carbonyl (C=O) groups is 1. The fourth-order valence-electron chi connectivity index (χ4n) is 2.58. The van der Waals surface area contributed by atoms with Gasteiger partial charge in [0.25, 0.3) is 0 Å². The molecule has 0 spiro atoms. The molecule has 1 aliphatic heterocycles. The number of halogens is 1. The topological polar surface area (TPSA) is 44.4 Å². The summed E-state index contributed by atoms with van der Waals surface area (Å²) in [4.78, 5) is 14.4. The van der Waals surface area contributed by atoms with Gasteiger partial charge < -0.3 is 10.6 Å². The van der Waals surface area contributed by atoms with Gasteiger partial charge in [0.05, 0.1) is 12.2 Å². The molecule has 5 heteroatoms. The molecule has 110 valence electrons. The van der Waals surface area contributed by atoms with Crippen molar-refractivity contribution in [3.63, 3.8) is 0 Å². The quantitative estimate of drug-likeness (QED) is 0.866. The van der Waals surface area contributed by atoms with Gasteiger partial charge in [0, 0.05) is 17.1 Å². The molecule has 4 nitrogen and oxygen atoms in total. The predicted molar refractivity (Wildman–Crippen MR) is 85.9 cm³/mol. The Morgan fingerprint density at radius 3 is 2.95 bits per heavy atom. The van der Waals surface area contributed by atoms with Crippen molar-refractivity contribution in [1.82, 2.24) is 10.2 Å². The standard InChI is InChI=1S/C15H22BrN3O/c1-2-19(12-6-5-9-17-10-12)11-15(20)18-14-8-4-3-7-13(14)16/h3-4,7-8,12,17H,2,5-6,9-11H2,1H3,(H,18,20). The summed E-state index contributed by atoms with van der Waals surface area (Å²) in [6.45, 7) is 5.54. The summed E-state index contributed by atoms with van der Waals surface area (Å²) < 4.78 is 0.913. The molecular weight excluding hydrogens is 318 g/mol. The van der Waals surface area contributed by atoms with Crippen LogP contribution in [0.2, 0.25) is 0 Å². The number of likely N-dealkylation sites (N-methyl/N-ethyl adjacent to an activating group) is 1. The zero-order chi connectivity index (χ0) is 14.4. The minimum atomic E-state index is 0.0457. The van der Waals surface area contributed by atoms with Crippen LogP contribution in [0.5, 0.6) is 0 Å². The van der Waals surface area contributed by atoms with Crippen LogP contribution in [0.4, 0.5) is 5.69 Å². The van der Waals surface area contributed by atoms with E-state index >= 15 is 0 Å². The lowest BCUT2D eigenvalue weighted by Crippen LogP contribution is -2.48. The molecule has 0 radical (unpaired) electrons. The number of nitrogens with one attached hydrogen (secondary N) is 2. The summed E-state index contributed by atoms with van der Waals surface area (Å²) in [5, 5.41) is 6.37. The molecule has 1 heterocycles. The number of amides is 1. The lowest BCUT2D eigenvalue weighted by molar-refractivity contribution is -0.117. The second kappa shape index (κ2) is 7.76. The van der Waals surface area contributed by atoms with Crippen molar-refractivity contribution in [3.05, 3.63) is 28.7 Å². The van der Waals surface area contributed by atoms with Crippen molar-refractivity contribution < 1.29 is 4.79 Å². The van der Waals surface area contributed by atoms with Crippen LogP contribution < -0.4 is 10.6 Å². The Morgan fingerprint density at radius 1 is 1.50 bits per heavy atom. The number of piperidine rings is 1. The molecule has 2 N–H and O–H groups in total. The molecule has 0 bridgehead atoms. The van der Waals surface area contributed by atoms with E-state index in [1.807, 2.05) is 24.3 Å². The highest BCUT2D eigenvalue weighted by Gasteiger charge is 2.21. The third kappa shape index (κ3) is 4.30. The Hall–Kier alpha value is -0.910. The van der Waals surface area contributed by atoms with Gasteiger partial charge in [-0.25, -0.2) is 0 Å². The van der Waals surface area contributed by atoms with Crippen molar-refractivity contribution in [1.29, 1.82) is 0 Å². The first-order valence-electron chi connectivity index (χ1n) is 7.20. The minimum Gasteiger partial charge on any atom is -0.324 e. The second-order valence-electron chi connectivity index (χ2n) is 5.09. The van der Waals surface area contributed by atoms with Crippen LogP contribution >= 0.6 is 15.9 Å². The number of rotatable bonds is 5. The Labute approximate surface area is 129 Å². The summed E-state index contributed by atoms with van der Waals surface area (Å²) in [6.07, 6.45) is 2.36. The third-order valence-electron chi connectivity index (χ3n) is 3.69. The first kappa shape index (κ1) is 15.5. The molecule has 0 aliphatic carbocycles. The number of hydrogen-bond donors (Lipinski definition) is 2. The highest BCUT2D eigenvalue weighted by molar-refractivity contribution is 9.10. The van der Waals surface area contributed by atoms with Crippen LogP contribution in [-0.2, 0) is 4.79 Å². The number of carbonyl (C=O) groups excluding carboxylic acids is 1. The Bertz CT molecular complexity index is 446. The van der Waals surface area contributed by atoms with E-state index in [1.165, 1.54) is 12.8 Å². The van der Waals surface area contributed by atoms with E-state index in [4.69, 9.17) is 0 Å². The molecule has 1 atom stereocenters. The number of anilines is 1. The van der Waals surface area contributed by atoms with Crippen LogP contribution in [0.3, 0.4) is 0 Å². The van der Waals surface area contributed by atoms with Crippen molar-refractivity contribution in [2.75, 3.05) is 31.5 Å². The number of benzene rings is 1. The molecule has 1 amide bonds. The van der Waals surface area contributed by atoms with Crippen LogP contribution in [0, 0.1) is 0 Å². The lowest BCUT2D eigenvalue weighted by atomic mass is 10.1. The van der Waals surface area contributed by atoms with E-state index in [0.717, 1.165) is 29.8 Å². The summed E-state index contributed by atoms with van der Waals surface area (Å²) in [7, 11) is 0. The zero-order valence-electron chi connectivity index (χ0n) is 11.9. The summed E-state index contributed by atoms with van der Waals surface area (Å²) in [5.41, 5.74) is 0.829. The Balaban J connectivity index is 1.90. The van der Waals surface area contributed by atoms with Crippen LogP contribution in [0.1, 0.15) is 19.8 Å². The first-order chi connectivity index (χ1) is 9.70. The fourth-order valence-corrected chi connectivity index (χ4v) is 2.96. The molecule has 1 aromatic rings. The average molecular weight is 340 g/mol. The predicted octanol–water partition coefficient (Wildman–Crippen LogP) is 2.46. The molecule has 1 aliphatic rings. The average Bonchev–Trinajstić information content (AvgIpc) is 2.48. The maximum absolute atomic E-state index is 12.2. The monoisotopic (exact) mass is 339 g/mol. The van der Waals surface area contributed by atoms with Crippen LogP contribution in [0.25, 0.3) is 0 Å². The van der Waals surface area contributed by atoms with E-state index < -0.39 is 0 Å². The summed E-state index contributed by atoms with van der Waals surface area (Å²) in [6, 6.07) is 8.16. The first-order valence-corrected chi connectivity index (χ1v) is 7.99. The summed E-state index contributed by atoms with van der Waals surface area (Å²) in [5.74, 6) is 0.0457. The van der Waals surface area contributed by atoms with E-state index in [9.17, 15) is 4.79 Å². The molecule has 1 saturated heterocycles. The minimum absolute atomic E-state index is 0.0457. The van der Waals surface area contributed by atoms with Gasteiger partial charge in [0.1, 0.15) is 0 Å². The van der Waals surface area contributed by atoms with Crippen molar-refractivity contribution in [2.45, 2.75) is 25.8 Å². The molecule has 20 heavy (non-hydrogen) atoms. The van der Waals surface area contributed by atoms with Gasteiger partial charge in [-0.15, -0.1) is 0 Å². The number of nitrogens with zero attached hydrogens (tertiary/aromatic N) is 1. The molecule has 2 rings (SSSR count). The smallest absolute Gasteiger partial charge is 0.238 e. The number of hydrogen-bond acceptors (Lipinski definition) is 3. The second-order valence-corrected chi connectivity index (χ2v) is 5.95. The van der Waals surface area contributed by atoms with Gasteiger partial charge in [-0.2, -0.15) is 0 Å². The maximum Gasteiger partial charge on any atom is 0.238 e. The Kier molecular flexibility index (Phi) is 6.01. The lowest BCUT2D eigenvalue weighted by Gasteiger charge is -2.33. The normalized spacial score (nSPS) is 19.1. The highest BCUT2D eigenvalue weighted by atomic mass is 79.9. The molecule has 0 saturated carbocycles. The SMILES string of the molecule is CCN(CC(=O)Nc1ccccc1Br)C1CCCNC1. The van der Waals surface area contributed by atoms with Crippen molar-refractivity contribution in [3.8, 4) is 0 Å². The van der Waals surface area contributed by atoms with Gasteiger partial charge in [0.15, 0.2) is 0 Å². The van der Waals surface area contributed by atoms with E-state index in [0.29, 0.717) is 12.6 Å². The van der Waals surface area contributed by atoms with Gasteiger partial charge in [-0.3, -0.25) is 9.69 Å². The molecule has 1 unspecified atom stereocenters. The molecule has 1 fully saturated rings. The van der Waals surface area contributed by atoms with Crippen LogP contribution in [-0.4, -0.2) is 43.0 Å². The molecular formula is C15H22BrN3O. The van der Waals surface area contributed by atoms with E-state index in [-0.39, 0.29) is 5.91 Å². The number of para-hydroxylation sites is 1. The Morgan fingerprint density at radius 2 is 2.30 bits per heavy atom. The molecule has 0 aromatic heterocycles. The van der Waals surface area contributed by atoms with Gasteiger partial charge in [-0.1, -0.05) is 19.1 Å². The summed E-state index contributed by atoms with van der Waals surface area (Å²) >= 11 is 3.45. The largest absolute Gasteiger partial charge is 0.324 e. The zero-order valence-corrected chi connectivity index (χ0v) is 13.4. The molecule has 1 aromatic carbocycles. The van der Waals surface area contributed by atoms with E-state index in [1.54, 1.807) is 0 Å². The maximum atomic E-state index is 12.2. The van der Waals surface area contributed by atoms with Gasteiger partial charge >= 0.3 is 0 Å². The van der Waals surface area contributed by atoms with Crippen molar-refractivity contribution in [2.24, 2.45) is 0 Å². The van der Waals surface area contributed by atoms with Gasteiger partial charge in [0.2, 0.25) is 5.91 Å². The van der Waals surface area contributed by atoms with Crippen molar-refractivity contribution >= 4 is 27.5 Å². The van der Waals surface area contributed by atoms with Crippen LogP contribution in [0.15, 0.2) is 28.7 Å². The fraction of sp³-hybridized carbons (Fsp3) is 0.533. The van der Waals surface area contributed by atoms with E-state index in [2.05, 4.69) is 38.4 Å². The third-order valence-corrected chi connectivity index (χ3v) is 4.38. The highest BCUT2D eigenvalue weighted by Crippen LogP contribution is 2.21.